The first kappa shape index (κ1) is 17.9. The average Bonchev–Trinajstić information content (AvgIpc) is 3.38. The van der Waals surface area contributed by atoms with Crippen LogP contribution in [0.15, 0.2) is 23.2 Å². The fourth-order valence-electron chi connectivity index (χ4n) is 4.97. The number of aromatic carboxylic acids is 1. The van der Waals surface area contributed by atoms with Gasteiger partial charge in [-0.2, -0.15) is 0 Å². The molecule has 1 aliphatic heterocycles. The van der Waals surface area contributed by atoms with E-state index < -0.39 is 5.97 Å². The summed E-state index contributed by atoms with van der Waals surface area (Å²) in [6.07, 6.45) is 11.3. The molecule has 0 unspecified atom stereocenters. The standard InChI is InChI=1S/C21H28N2O2S/c1-2-15-13-16(19(24)25)9-10-18(15)22-20-23(17-7-3-4-8-17)21(14-26-20)11-5-6-12-21/h9-10,13,17H,2-8,11-12,14H2,1H3,(H,24,25). The summed E-state index contributed by atoms with van der Waals surface area (Å²) in [5, 5.41) is 10.4. The van der Waals surface area contributed by atoms with Crippen LogP contribution in [0.1, 0.15) is 74.2 Å². The molecule has 1 saturated heterocycles. The predicted molar refractivity (Wildman–Crippen MR) is 108 cm³/mol. The van der Waals surface area contributed by atoms with Crippen LogP contribution >= 0.6 is 11.8 Å². The molecule has 0 atom stereocenters. The predicted octanol–water partition coefficient (Wildman–Crippen LogP) is 5.24. The van der Waals surface area contributed by atoms with Gasteiger partial charge in [0.1, 0.15) is 0 Å². The van der Waals surface area contributed by atoms with Crippen molar-refractivity contribution < 1.29 is 9.90 Å². The van der Waals surface area contributed by atoms with Gasteiger partial charge in [-0.3, -0.25) is 0 Å². The molecule has 1 spiro atoms. The van der Waals surface area contributed by atoms with Crippen molar-refractivity contribution in [1.29, 1.82) is 0 Å². The second-order valence-electron chi connectivity index (χ2n) is 7.92. The molecule has 2 saturated carbocycles. The third-order valence-corrected chi connectivity index (χ3v) is 7.56. The molecule has 140 valence electrons. The average molecular weight is 373 g/mol. The van der Waals surface area contributed by atoms with Crippen LogP contribution in [0.2, 0.25) is 0 Å². The summed E-state index contributed by atoms with van der Waals surface area (Å²) < 4.78 is 0. The van der Waals surface area contributed by atoms with Gasteiger partial charge in [0.15, 0.2) is 5.17 Å². The molecule has 0 radical (unpaired) electrons. The number of benzene rings is 1. The molecule has 1 heterocycles. The number of carbonyl (C=O) groups is 1. The van der Waals surface area contributed by atoms with Crippen molar-refractivity contribution in [2.24, 2.45) is 4.99 Å². The van der Waals surface area contributed by atoms with Gasteiger partial charge in [0.05, 0.1) is 16.8 Å². The van der Waals surface area contributed by atoms with E-state index in [1.165, 1.54) is 56.5 Å². The SMILES string of the molecule is CCc1cc(C(=O)O)ccc1N=C1SCC2(CCCC2)N1C1CCCC1. The van der Waals surface area contributed by atoms with Crippen LogP contribution in [0.25, 0.3) is 0 Å². The Hall–Kier alpha value is -1.49. The highest BCUT2D eigenvalue weighted by Gasteiger charge is 2.49. The number of hydrogen-bond donors (Lipinski definition) is 1. The number of nitrogens with zero attached hydrogens (tertiary/aromatic N) is 2. The van der Waals surface area contributed by atoms with Gasteiger partial charge in [-0.25, -0.2) is 9.79 Å². The maximum Gasteiger partial charge on any atom is 0.335 e. The zero-order chi connectivity index (χ0) is 18.1. The van der Waals surface area contributed by atoms with Crippen LogP contribution in [0.5, 0.6) is 0 Å². The highest BCUT2D eigenvalue weighted by Crippen LogP contribution is 2.48. The quantitative estimate of drug-likeness (QED) is 0.785. The van der Waals surface area contributed by atoms with Crippen LogP contribution in [-0.4, -0.2) is 38.5 Å². The second-order valence-corrected chi connectivity index (χ2v) is 8.87. The molecule has 26 heavy (non-hydrogen) atoms. The van der Waals surface area contributed by atoms with Gasteiger partial charge in [-0.05, 0) is 55.9 Å². The molecule has 5 heteroatoms. The largest absolute Gasteiger partial charge is 0.478 e. The number of carboxylic acids is 1. The summed E-state index contributed by atoms with van der Waals surface area (Å²) in [5.74, 6) is 0.295. The van der Waals surface area contributed by atoms with Crippen LogP contribution < -0.4 is 0 Å². The Morgan fingerprint density at radius 2 is 2.00 bits per heavy atom. The van der Waals surface area contributed by atoms with Gasteiger partial charge in [0, 0.05) is 11.8 Å². The Kier molecular flexibility index (Phi) is 5.00. The molecule has 0 amide bonds. The van der Waals surface area contributed by atoms with E-state index in [1.807, 2.05) is 17.8 Å². The van der Waals surface area contributed by atoms with Crippen LogP contribution in [0, 0.1) is 0 Å². The van der Waals surface area contributed by atoms with Gasteiger partial charge in [-0.1, -0.05) is 44.4 Å². The fourth-order valence-corrected chi connectivity index (χ4v) is 6.44. The Morgan fingerprint density at radius 3 is 2.65 bits per heavy atom. The first-order valence-corrected chi connectivity index (χ1v) is 11.0. The summed E-state index contributed by atoms with van der Waals surface area (Å²) in [7, 11) is 0. The van der Waals surface area contributed by atoms with Crippen molar-refractivity contribution in [2.45, 2.75) is 76.3 Å². The number of aliphatic imine (C=N–C) groups is 1. The summed E-state index contributed by atoms with van der Waals surface area (Å²) in [6, 6.07) is 6.01. The lowest BCUT2D eigenvalue weighted by Crippen LogP contribution is -2.50. The van der Waals surface area contributed by atoms with Gasteiger partial charge in [-0.15, -0.1) is 0 Å². The van der Waals surface area contributed by atoms with Gasteiger partial charge < -0.3 is 10.0 Å². The van der Waals surface area contributed by atoms with E-state index in [0.29, 0.717) is 17.1 Å². The summed E-state index contributed by atoms with van der Waals surface area (Å²) in [6.45, 7) is 2.07. The minimum atomic E-state index is -0.869. The molecule has 4 nitrogen and oxygen atoms in total. The van der Waals surface area contributed by atoms with Crippen molar-refractivity contribution in [1.82, 2.24) is 4.90 Å². The summed E-state index contributed by atoms with van der Waals surface area (Å²) in [4.78, 5) is 19.1. The number of rotatable bonds is 4. The van der Waals surface area contributed by atoms with Crippen LogP contribution in [-0.2, 0) is 6.42 Å². The molecular weight excluding hydrogens is 344 g/mol. The monoisotopic (exact) mass is 372 g/mol. The molecule has 0 aromatic heterocycles. The normalized spacial score (nSPS) is 24.2. The third kappa shape index (κ3) is 3.15. The Bertz CT molecular complexity index is 719. The smallest absolute Gasteiger partial charge is 0.335 e. The molecule has 0 bridgehead atoms. The van der Waals surface area contributed by atoms with Gasteiger partial charge >= 0.3 is 5.97 Å². The van der Waals surface area contributed by atoms with Gasteiger partial charge in [0.25, 0.3) is 0 Å². The number of thioether (sulfide) groups is 1. The molecule has 3 aliphatic rings. The zero-order valence-corrected chi connectivity index (χ0v) is 16.4. The Morgan fingerprint density at radius 1 is 1.27 bits per heavy atom. The van der Waals surface area contributed by atoms with Crippen molar-refractivity contribution in [2.75, 3.05) is 5.75 Å². The van der Waals surface area contributed by atoms with E-state index in [9.17, 15) is 9.90 Å². The molecule has 3 fully saturated rings. The van der Waals surface area contributed by atoms with E-state index in [4.69, 9.17) is 4.99 Å². The molecule has 1 aromatic carbocycles. The second kappa shape index (κ2) is 7.26. The molecule has 1 N–H and O–H groups in total. The van der Waals surface area contributed by atoms with E-state index in [-0.39, 0.29) is 0 Å². The van der Waals surface area contributed by atoms with Crippen molar-refractivity contribution in [3.05, 3.63) is 29.3 Å². The zero-order valence-electron chi connectivity index (χ0n) is 15.5. The summed E-state index contributed by atoms with van der Waals surface area (Å²) >= 11 is 1.92. The highest BCUT2D eigenvalue weighted by atomic mass is 32.2. The Labute approximate surface area is 160 Å². The lowest BCUT2D eigenvalue weighted by molar-refractivity contribution is 0.0697. The summed E-state index contributed by atoms with van der Waals surface area (Å²) in [5.41, 5.74) is 2.64. The van der Waals surface area contributed by atoms with Gasteiger partial charge in [0.2, 0.25) is 0 Å². The minimum Gasteiger partial charge on any atom is -0.478 e. The lowest BCUT2D eigenvalue weighted by Gasteiger charge is -2.40. The molecule has 1 aromatic rings. The number of amidine groups is 1. The first-order chi connectivity index (χ1) is 12.6. The molecule has 2 aliphatic carbocycles. The van der Waals surface area contributed by atoms with E-state index in [1.54, 1.807) is 12.1 Å². The number of aryl methyl sites for hydroxylation is 1. The van der Waals surface area contributed by atoms with Crippen molar-refractivity contribution in [3.63, 3.8) is 0 Å². The Balaban J connectivity index is 1.70. The first-order valence-electron chi connectivity index (χ1n) is 10.00. The number of hydrogen-bond acceptors (Lipinski definition) is 3. The third-order valence-electron chi connectivity index (χ3n) is 6.33. The fraction of sp³-hybridized carbons (Fsp3) is 0.619. The highest BCUT2D eigenvalue weighted by molar-refractivity contribution is 8.14. The van der Waals surface area contributed by atoms with E-state index >= 15 is 0 Å². The topological polar surface area (TPSA) is 52.9 Å². The van der Waals surface area contributed by atoms with Crippen molar-refractivity contribution >= 4 is 28.6 Å². The van der Waals surface area contributed by atoms with Crippen molar-refractivity contribution in [3.8, 4) is 0 Å². The molecular formula is C21H28N2O2S. The number of carboxylic acid groups (broad SMARTS) is 1. The lowest BCUT2D eigenvalue weighted by atomic mass is 9.95. The van der Waals surface area contributed by atoms with E-state index in [0.717, 1.165) is 23.4 Å². The molecule has 4 rings (SSSR count). The van der Waals surface area contributed by atoms with E-state index in [2.05, 4.69) is 11.8 Å². The maximum atomic E-state index is 11.3. The van der Waals surface area contributed by atoms with Crippen LogP contribution in [0.3, 0.4) is 0 Å². The maximum absolute atomic E-state index is 11.3. The minimum absolute atomic E-state index is 0.325. The van der Waals surface area contributed by atoms with Crippen LogP contribution in [0.4, 0.5) is 5.69 Å².